The maximum atomic E-state index is 14.6. The molecule has 31 heavy (non-hydrogen) atoms. The Kier molecular flexibility index (Phi) is 6.47. The number of esters is 1. The predicted octanol–water partition coefficient (Wildman–Crippen LogP) is 2.09. The minimum Gasteiger partial charge on any atom is -0.468 e. The van der Waals surface area contributed by atoms with Gasteiger partial charge in [0, 0.05) is 29.8 Å². The van der Waals surface area contributed by atoms with Gasteiger partial charge in [0.25, 0.3) is 0 Å². The van der Waals surface area contributed by atoms with Crippen molar-refractivity contribution in [2.75, 3.05) is 20.2 Å². The monoisotopic (exact) mass is 445 g/mol. The minimum absolute atomic E-state index is 0.00174. The number of ether oxygens (including phenoxy) is 1. The van der Waals surface area contributed by atoms with Gasteiger partial charge >= 0.3 is 5.97 Å². The lowest BCUT2D eigenvalue weighted by Crippen LogP contribution is -2.42. The first kappa shape index (κ1) is 21.6. The number of carbonyl (C=O) groups excluding carboxylic acids is 2. The lowest BCUT2D eigenvalue weighted by Gasteiger charge is -2.37. The normalized spacial score (nSPS) is 21.8. The number of likely N-dealkylation sites (tertiary alicyclic amines) is 1. The van der Waals surface area contributed by atoms with E-state index in [4.69, 9.17) is 0 Å². The molecule has 2 aliphatic rings. The first-order valence-corrected chi connectivity index (χ1v) is 10.7. The average molecular weight is 446 g/mol. The third kappa shape index (κ3) is 4.85. The minimum atomic E-state index is -0.635. The van der Waals surface area contributed by atoms with Crippen LogP contribution in [0.15, 0.2) is 29.8 Å². The molecule has 2 heterocycles. The van der Waals surface area contributed by atoms with Crippen LogP contribution in [-0.2, 0) is 20.9 Å². The summed E-state index contributed by atoms with van der Waals surface area (Å²) in [4.78, 5) is 26.7. The Hall–Kier alpha value is -2.59. The molecule has 10 heteroatoms. The predicted molar refractivity (Wildman–Crippen MR) is 114 cm³/mol. The number of halogens is 1. The van der Waals surface area contributed by atoms with Crippen LogP contribution in [-0.4, -0.2) is 62.3 Å². The number of piperidine rings is 1. The van der Waals surface area contributed by atoms with E-state index in [-0.39, 0.29) is 29.3 Å². The summed E-state index contributed by atoms with van der Waals surface area (Å²) in [6.45, 7) is 0.939. The van der Waals surface area contributed by atoms with E-state index in [1.807, 2.05) is 4.90 Å². The van der Waals surface area contributed by atoms with Crippen LogP contribution in [0, 0.1) is 11.7 Å². The molecule has 1 aromatic heterocycles. The van der Waals surface area contributed by atoms with Crippen molar-refractivity contribution in [3.05, 3.63) is 47.0 Å². The molecule has 2 fully saturated rings. The molecule has 164 valence electrons. The van der Waals surface area contributed by atoms with Crippen molar-refractivity contribution in [1.82, 2.24) is 25.1 Å². The smallest absolute Gasteiger partial charge is 0.327 e. The highest BCUT2D eigenvalue weighted by Crippen LogP contribution is 2.39. The maximum Gasteiger partial charge on any atom is 0.327 e. The van der Waals surface area contributed by atoms with E-state index in [2.05, 4.69) is 32.9 Å². The maximum absolute atomic E-state index is 14.6. The summed E-state index contributed by atoms with van der Waals surface area (Å²) < 4.78 is 20.7. The molecule has 0 amide bonds. The summed E-state index contributed by atoms with van der Waals surface area (Å²) in [6.07, 6.45) is 4.19. The number of rotatable bonds is 7. The van der Waals surface area contributed by atoms with Gasteiger partial charge in [-0.3, -0.25) is 14.5 Å². The van der Waals surface area contributed by atoms with E-state index < -0.39 is 12.0 Å². The molecule has 1 saturated carbocycles. The number of hydrogen-bond donors (Lipinski definition) is 1. The highest BCUT2D eigenvalue weighted by Gasteiger charge is 2.40. The van der Waals surface area contributed by atoms with Crippen LogP contribution in [0.25, 0.3) is 6.08 Å². The van der Waals surface area contributed by atoms with Crippen molar-refractivity contribution in [2.24, 2.45) is 5.92 Å². The number of tetrazole rings is 1. The molecule has 0 bridgehead atoms. The highest BCUT2D eigenvalue weighted by molar-refractivity contribution is 7.81. The molecule has 0 spiro atoms. The summed E-state index contributed by atoms with van der Waals surface area (Å²) in [5, 5.41) is 11.4. The summed E-state index contributed by atoms with van der Waals surface area (Å²) in [6, 6.07) is 5.83. The van der Waals surface area contributed by atoms with Crippen LogP contribution in [0.2, 0.25) is 0 Å². The number of aromatic nitrogens is 4. The molecule has 2 aromatic rings. The number of Topliss-reactive ketones (excluding diaryl/α,β-unsaturated/α-hetero) is 1. The van der Waals surface area contributed by atoms with Crippen molar-refractivity contribution in [1.29, 1.82) is 0 Å². The van der Waals surface area contributed by atoms with Crippen LogP contribution in [0.4, 0.5) is 4.39 Å². The zero-order chi connectivity index (χ0) is 22.0. The topological polar surface area (TPSA) is 90.2 Å². The van der Waals surface area contributed by atoms with Crippen LogP contribution in [0.3, 0.4) is 0 Å². The molecular formula is C21H24FN5O3S. The van der Waals surface area contributed by atoms with Crippen LogP contribution in [0.5, 0.6) is 0 Å². The summed E-state index contributed by atoms with van der Waals surface area (Å²) in [7, 11) is 1.30. The number of hydrogen-bond acceptors (Lipinski definition) is 8. The molecule has 1 aliphatic carbocycles. The van der Waals surface area contributed by atoms with Crippen LogP contribution < -0.4 is 0 Å². The molecular weight excluding hydrogens is 421 g/mol. The Morgan fingerprint density at radius 2 is 2.10 bits per heavy atom. The highest BCUT2D eigenvalue weighted by atomic mass is 32.1. The number of ketones is 1. The zero-order valence-electron chi connectivity index (χ0n) is 17.1. The van der Waals surface area contributed by atoms with Crippen molar-refractivity contribution >= 4 is 30.5 Å². The quantitative estimate of drug-likeness (QED) is 0.516. The van der Waals surface area contributed by atoms with Gasteiger partial charge in [0.05, 0.1) is 13.2 Å². The number of methoxy groups -OCH3 is 1. The SMILES string of the molecule is COC(=O)Cn1nnnc1/C=C1\CN(C(C(=O)C2CC2)c2ccccc2F)CCC1S. The van der Waals surface area contributed by atoms with Crippen LogP contribution >= 0.6 is 12.6 Å². The summed E-state index contributed by atoms with van der Waals surface area (Å²) in [5.41, 5.74) is 1.31. The van der Waals surface area contributed by atoms with E-state index in [9.17, 15) is 14.0 Å². The molecule has 4 rings (SSSR count). The van der Waals surface area contributed by atoms with Gasteiger partial charge in [0.1, 0.15) is 12.4 Å². The van der Waals surface area contributed by atoms with Crippen molar-refractivity contribution < 1.29 is 18.7 Å². The molecule has 2 unspecified atom stereocenters. The van der Waals surface area contributed by atoms with Gasteiger partial charge in [0.15, 0.2) is 11.6 Å². The second-order valence-electron chi connectivity index (χ2n) is 7.87. The third-order valence-corrected chi connectivity index (χ3v) is 6.29. The molecule has 2 atom stereocenters. The Bertz CT molecular complexity index is 1010. The fourth-order valence-corrected chi connectivity index (χ4v) is 4.12. The molecule has 1 saturated heterocycles. The van der Waals surface area contributed by atoms with Gasteiger partial charge < -0.3 is 4.74 Å². The third-order valence-electron chi connectivity index (χ3n) is 5.70. The summed E-state index contributed by atoms with van der Waals surface area (Å²) >= 11 is 4.69. The number of thiol groups is 1. The Morgan fingerprint density at radius 3 is 2.81 bits per heavy atom. The average Bonchev–Trinajstić information content (AvgIpc) is 3.53. The van der Waals surface area contributed by atoms with E-state index in [1.165, 1.54) is 17.9 Å². The largest absolute Gasteiger partial charge is 0.468 e. The Balaban J connectivity index is 1.62. The first-order valence-electron chi connectivity index (χ1n) is 10.2. The van der Waals surface area contributed by atoms with Gasteiger partial charge in [-0.1, -0.05) is 18.2 Å². The van der Waals surface area contributed by atoms with Gasteiger partial charge in [-0.25, -0.2) is 9.07 Å². The zero-order valence-corrected chi connectivity index (χ0v) is 18.0. The molecule has 1 aliphatic heterocycles. The van der Waals surface area contributed by atoms with E-state index in [1.54, 1.807) is 24.3 Å². The van der Waals surface area contributed by atoms with Gasteiger partial charge in [-0.15, -0.1) is 5.10 Å². The lowest BCUT2D eigenvalue weighted by atomic mass is 9.93. The number of benzene rings is 1. The molecule has 8 nitrogen and oxygen atoms in total. The number of nitrogens with zero attached hydrogens (tertiary/aromatic N) is 5. The van der Waals surface area contributed by atoms with Crippen LogP contribution in [0.1, 0.15) is 36.7 Å². The first-order chi connectivity index (χ1) is 15.0. The second kappa shape index (κ2) is 9.27. The van der Waals surface area contributed by atoms with Crippen molar-refractivity contribution in [2.45, 2.75) is 37.1 Å². The van der Waals surface area contributed by atoms with Crippen molar-refractivity contribution in [3.63, 3.8) is 0 Å². The molecule has 1 aromatic carbocycles. The van der Waals surface area contributed by atoms with Gasteiger partial charge in [-0.05, 0) is 47.4 Å². The summed E-state index contributed by atoms with van der Waals surface area (Å²) in [5.74, 6) is -0.371. The van der Waals surface area contributed by atoms with Gasteiger partial charge in [-0.2, -0.15) is 12.6 Å². The molecule has 0 radical (unpaired) electrons. The standard InChI is InChI=1S/C21H24FN5O3S/c1-30-19(28)12-27-18(23-24-25-27)10-14-11-26(9-8-17(14)31)20(21(29)13-6-7-13)15-4-2-3-5-16(15)22/h2-5,10,13,17,20,31H,6-9,11-12H2,1H3/b14-10+. The van der Waals surface area contributed by atoms with E-state index >= 15 is 0 Å². The Morgan fingerprint density at radius 1 is 1.32 bits per heavy atom. The lowest BCUT2D eigenvalue weighted by molar-refractivity contribution is -0.141. The second-order valence-corrected chi connectivity index (χ2v) is 8.49. The van der Waals surface area contributed by atoms with E-state index in [0.717, 1.165) is 18.4 Å². The molecule has 0 N–H and O–H groups in total. The fourth-order valence-electron chi connectivity index (χ4n) is 3.85. The van der Waals surface area contributed by atoms with E-state index in [0.29, 0.717) is 30.9 Å². The van der Waals surface area contributed by atoms with Gasteiger partial charge in [0.2, 0.25) is 0 Å². The fraction of sp³-hybridized carbons (Fsp3) is 0.476. The van der Waals surface area contributed by atoms with Crippen molar-refractivity contribution in [3.8, 4) is 0 Å². The number of carbonyl (C=O) groups is 2. The Labute approximate surface area is 184 Å².